The van der Waals surface area contributed by atoms with Crippen molar-refractivity contribution in [1.29, 1.82) is 0 Å². The molecule has 0 atom stereocenters. The molecular weight excluding hydrogens is 298 g/mol. The third kappa shape index (κ3) is 3.83. The van der Waals surface area contributed by atoms with Crippen LogP contribution in [-0.4, -0.2) is 45.5 Å². The number of pyridine rings is 1. The highest BCUT2D eigenvalue weighted by atomic mass is 79.9. The molecule has 2 N–H and O–H groups in total. The Morgan fingerprint density at radius 2 is 1.83 bits per heavy atom. The minimum absolute atomic E-state index is 0.640. The van der Waals surface area contributed by atoms with Crippen molar-refractivity contribution < 1.29 is 9.47 Å². The summed E-state index contributed by atoms with van der Waals surface area (Å²) in [6.07, 6.45) is 1.68. The summed E-state index contributed by atoms with van der Waals surface area (Å²) in [4.78, 5) is 6.50. The van der Waals surface area contributed by atoms with E-state index < -0.39 is 0 Å². The first-order valence-corrected chi connectivity index (χ1v) is 6.54. The lowest BCUT2D eigenvalue weighted by molar-refractivity contribution is 0.190. The van der Waals surface area contributed by atoms with Gasteiger partial charge < -0.3 is 20.1 Å². The summed E-state index contributed by atoms with van der Waals surface area (Å²) in [7, 11) is 3.37. The fraction of sp³-hybridized carbons (Fsp3) is 0.583. The van der Waals surface area contributed by atoms with E-state index in [2.05, 4.69) is 25.8 Å². The van der Waals surface area contributed by atoms with E-state index in [0.29, 0.717) is 18.9 Å². The Hall–Kier alpha value is -0.850. The van der Waals surface area contributed by atoms with Crippen LogP contribution in [0.4, 0.5) is 11.5 Å². The van der Waals surface area contributed by atoms with Crippen LogP contribution in [0.5, 0.6) is 0 Å². The number of nitrogens with zero attached hydrogens (tertiary/aromatic N) is 2. The predicted octanol–water partition coefficient (Wildman–Crippen LogP) is 1.83. The highest BCUT2D eigenvalue weighted by Gasteiger charge is 2.14. The molecule has 1 aromatic heterocycles. The van der Waals surface area contributed by atoms with Crippen molar-refractivity contribution in [2.24, 2.45) is 0 Å². The molecule has 0 spiro atoms. The summed E-state index contributed by atoms with van der Waals surface area (Å²) >= 11 is 3.55. The SMILES string of the molecule is COCCN(CCOC)c1ncc(N)c(C)c1Br. The molecule has 5 nitrogen and oxygen atoms in total. The van der Waals surface area contributed by atoms with Gasteiger partial charge in [-0.25, -0.2) is 4.98 Å². The zero-order valence-electron chi connectivity index (χ0n) is 11.1. The molecule has 6 heteroatoms. The summed E-state index contributed by atoms with van der Waals surface area (Å²) in [5.74, 6) is 0.871. The van der Waals surface area contributed by atoms with E-state index in [9.17, 15) is 0 Å². The number of rotatable bonds is 7. The second-order valence-corrected chi connectivity index (χ2v) is 4.74. The van der Waals surface area contributed by atoms with Gasteiger partial charge in [-0.3, -0.25) is 0 Å². The highest BCUT2D eigenvalue weighted by molar-refractivity contribution is 9.10. The second kappa shape index (κ2) is 7.56. The number of hydrogen-bond donors (Lipinski definition) is 1. The molecule has 0 bridgehead atoms. The van der Waals surface area contributed by atoms with Crippen molar-refractivity contribution in [1.82, 2.24) is 4.98 Å². The van der Waals surface area contributed by atoms with Gasteiger partial charge in [-0.1, -0.05) is 0 Å². The van der Waals surface area contributed by atoms with Gasteiger partial charge in [-0.15, -0.1) is 0 Å². The van der Waals surface area contributed by atoms with Crippen molar-refractivity contribution in [2.75, 3.05) is 51.2 Å². The number of ether oxygens (including phenoxy) is 2. The lowest BCUT2D eigenvalue weighted by Gasteiger charge is -2.25. The standard InChI is InChI=1S/C12H20BrN3O2/c1-9-10(14)8-15-12(11(9)13)16(4-6-17-2)5-7-18-3/h8H,4-7,14H2,1-3H3. The van der Waals surface area contributed by atoms with E-state index in [0.717, 1.165) is 28.9 Å². The van der Waals surface area contributed by atoms with Crippen LogP contribution in [0.25, 0.3) is 0 Å². The maximum atomic E-state index is 5.83. The zero-order valence-corrected chi connectivity index (χ0v) is 12.7. The molecule has 0 fully saturated rings. The second-order valence-electron chi connectivity index (χ2n) is 3.95. The van der Waals surface area contributed by atoms with Gasteiger partial charge in [0.05, 0.1) is 29.6 Å². The molecule has 1 heterocycles. The normalized spacial score (nSPS) is 10.7. The number of aromatic nitrogens is 1. The Bertz CT molecular complexity index is 380. The smallest absolute Gasteiger partial charge is 0.143 e. The molecule has 0 aromatic carbocycles. The average Bonchev–Trinajstić information content (AvgIpc) is 2.37. The molecule has 18 heavy (non-hydrogen) atoms. The van der Waals surface area contributed by atoms with Gasteiger partial charge in [0, 0.05) is 27.3 Å². The molecular formula is C12H20BrN3O2. The first-order chi connectivity index (χ1) is 8.61. The fourth-order valence-corrected chi connectivity index (χ4v) is 2.11. The summed E-state index contributed by atoms with van der Waals surface area (Å²) in [6, 6.07) is 0. The topological polar surface area (TPSA) is 60.6 Å². The van der Waals surface area contributed by atoms with E-state index in [4.69, 9.17) is 15.2 Å². The Morgan fingerprint density at radius 3 is 2.33 bits per heavy atom. The number of nitrogens with two attached hydrogens (primary N) is 1. The van der Waals surface area contributed by atoms with Gasteiger partial charge in [0.25, 0.3) is 0 Å². The van der Waals surface area contributed by atoms with Crippen molar-refractivity contribution in [2.45, 2.75) is 6.92 Å². The number of hydrogen-bond acceptors (Lipinski definition) is 5. The molecule has 0 saturated heterocycles. The van der Waals surface area contributed by atoms with Gasteiger partial charge in [-0.05, 0) is 28.4 Å². The van der Waals surface area contributed by atoms with E-state index in [1.54, 1.807) is 20.4 Å². The Labute approximate surface area is 116 Å². The molecule has 0 unspecified atom stereocenters. The average molecular weight is 318 g/mol. The molecule has 0 saturated carbocycles. The highest BCUT2D eigenvalue weighted by Crippen LogP contribution is 2.30. The molecule has 0 amide bonds. The van der Waals surface area contributed by atoms with Crippen LogP contribution in [0, 0.1) is 6.92 Å². The first kappa shape index (κ1) is 15.2. The van der Waals surface area contributed by atoms with Crippen LogP contribution < -0.4 is 10.6 Å². The van der Waals surface area contributed by atoms with Gasteiger partial charge in [0.2, 0.25) is 0 Å². The summed E-state index contributed by atoms with van der Waals surface area (Å²) in [6.45, 7) is 4.77. The van der Waals surface area contributed by atoms with Crippen molar-refractivity contribution >= 4 is 27.4 Å². The summed E-state index contributed by atoms with van der Waals surface area (Å²) in [5, 5.41) is 0. The van der Waals surface area contributed by atoms with Crippen molar-refractivity contribution in [3.63, 3.8) is 0 Å². The van der Waals surface area contributed by atoms with Crippen LogP contribution in [0.1, 0.15) is 5.56 Å². The van der Waals surface area contributed by atoms with E-state index in [1.807, 2.05) is 6.92 Å². The van der Waals surface area contributed by atoms with Gasteiger partial charge in [0.15, 0.2) is 0 Å². The first-order valence-electron chi connectivity index (χ1n) is 5.75. The van der Waals surface area contributed by atoms with Crippen LogP contribution in [0.15, 0.2) is 10.7 Å². The molecule has 1 rings (SSSR count). The van der Waals surface area contributed by atoms with Crippen LogP contribution in [0.2, 0.25) is 0 Å². The number of methoxy groups -OCH3 is 2. The van der Waals surface area contributed by atoms with Crippen LogP contribution in [0.3, 0.4) is 0 Å². The van der Waals surface area contributed by atoms with Crippen LogP contribution >= 0.6 is 15.9 Å². The van der Waals surface area contributed by atoms with Crippen LogP contribution in [-0.2, 0) is 9.47 Å². The molecule has 0 radical (unpaired) electrons. The Morgan fingerprint density at radius 1 is 1.28 bits per heavy atom. The van der Waals surface area contributed by atoms with E-state index >= 15 is 0 Å². The Balaban J connectivity index is 2.93. The Kier molecular flexibility index (Phi) is 6.38. The monoisotopic (exact) mass is 317 g/mol. The number of halogens is 1. The van der Waals surface area contributed by atoms with Crippen molar-refractivity contribution in [3.8, 4) is 0 Å². The maximum Gasteiger partial charge on any atom is 0.143 e. The molecule has 0 aliphatic carbocycles. The van der Waals surface area contributed by atoms with E-state index in [1.165, 1.54) is 0 Å². The minimum atomic E-state index is 0.640. The molecule has 102 valence electrons. The molecule has 0 aliphatic rings. The maximum absolute atomic E-state index is 5.83. The minimum Gasteiger partial charge on any atom is -0.397 e. The quantitative estimate of drug-likeness (QED) is 0.831. The number of nitrogen functional groups attached to an aromatic ring is 1. The zero-order chi connectivity index (χ0) is 13.5. The lowest BCUT2D eigenvalue weighted by Crippen LogP contribution is -2.31. The van der Waals surface area contributed by atoms with Crippen molar-refractivity contribution in [3.05, 3.63) is 16.2 Å². The third-order valence-electron chi connectivity index (χ3n) is 2.71. The van der Waals surface area contributed by atoms with Gasteiger partial charge in [-0.2, -0.15) is 0 Å². The summed E-state index contributed by atoms with van der Waals surface area (Å²) < 4.78 is 11.2. The number of anilines is 2. The van der Waals surface area contributed by atoms with Gasteiger partial charge in [0.1, 0.15) is 5.82 Å². The fourth-order valence-electron chi connectivity index (χ4n) is 1.53. The molecule has 0 aliphatic heterocycles. The molecule has 1 aromatic rings. The lowest BCUT2D eigenvalue weighted by atomic mass is 10.2. The van der Waals surface area contributed by atoms with Gasteiger partial charge >= 0.3 is 0 Å². The summed E-state index contributed by atoms with van der Waals surface area (Å²) in [5.41, 5.74) is 7.51. The largest absolute Gasteiger partial charge is 0.397 e. The third-order valence-corrected chi connectivity index (χ3v) is 3.66. The van der Waals surface area contributed by atoms with E-state index in [-0.39, 0.29) is 0 Å². The predicted molar refractivity (Wildman–Crippen MR) is 77.1 cm³/mol.